The van der Waals surface area contributed by atoms with Crippen LogP contribution >= 0.6 is 11.8 Å². The molecule has 2 amide bonds. The Labute approximate surface area is 173 Å². The zero-order valence-corrected chi connectivity index (χ0v) is 17.2. The van der Waals surface area contributed by atoms with Gasteiger partial charge in [-0.3, -0.25) is 9.59 Å². The molecule has 0 aliphatic carbocycles. The molecule has 0 radical (unpaired) electrons. The molecule has 7 nitrogen and oxygen atoms in total. The molecule has 29 heavy (non-hydrogen) atoms. The lowest BCUT2D eigenvalue weighted by Crippen LogP contribution is -2.33. The predicted molar refractivity (Wildman–Crippen MR) is 115 cm³/mol. The zero-order chi connectivity index (χ0) is 20.6. The van der Waals surface area contributed by atoms with Crippen molar-refractivity contribution in [3.8, 4) is 11.4 Å². The molecule has 3 aromatic rings. The van der Waals surface area contributed by atoms with Gasteiger partial charge in [-0.2, -0.15) is 0 Å². The molecule has 3 rings (SSSR count). The fourth-order valence-electron chi connectivity index (χ4n) is 2.79. The van der Waals surface area contributed by atoms with E-state index in [1.165, 1.54) is 11.8 Å². The van der Waals surface area contributed by atoms with Crippen LogP contribution in [0, 0.1) is 6.92 Å². The van der Waals surface area contributed by atoms with Gasteiger partial charge in [0.05, 0.1) is 12.3 Å². The first-order chi connectivity index (χ1) is 14.1. The standard InChI is InChI=1S/C21H23N5O2S/c1-3-26-20(17-12-8-7-9-15(17)2)24-25-21(26)29-14-19(28)22-13-18(27)23-16-10-5-4-6-11-16/h4-12H,3,13-14H2,1-2H3,(H,22,28)(H,23,27). The van der Waals surface area contributed by atoms with Crippen LogP contribution in [0.25, 0.3) is 11.4 Å². The highest BCUT2D eigenvalue weighted by molar-refractivity contribution is 7.99. The number of aromatic nitrogens is 3. The van der Waals surface area contributed by atoms with E-state index in [0.717, 1.165) is 17.0 Å². The Hall–Kier alpha value is -3.13. The summed E-state index contributed by atoms with van der Waals surface area (Å²) in [5.74, 6) is 0.440. The summed E-state index contributed by atoms with van der Waals surface area (Å²) in [4.78, 5) is 24.1. The van der Waals surface area contributed by atoms with Gasteiger partial charge in [0.2, 0.25) is 11.8 Å². The maximum atomic E-state index is 12.1. The summed E-state index contributed by atoms with van der Waals surface area (Å²) in [6, 6.07) is 17.1. The van der Waals surface area contributed by atoms with Gasteiger partial charge < -0.3 is 15.2 Å². The SMILES string of the molecule is CCn1c(SCC(=O)NCC(=O)Nc2ccccc2)nnc1-c1ccccc1C. The Morgan fingerprint density at radius 3 is 2.45 bits per heavy atom. The van der Waals surface area contributed by atoms with Crippen molar-refractivity contribution in [2.45, 2.75) is 25.5 Å². The fraction of sp³-hybridized carbons (Fsp3) is 0.238. The topological polar surface area (TPSA) is 88.9 Å². The summed E-state index contributed by atoms with van der Waals surface area (Å²) >= 11 is 1.30. The number of rotatable bonds is 8. The molecule has 0 fully saturated rings. The Morgan fingerprint density at radius 1 is 1.00 bits per heavy atom. The van der Waals surface area contributed by atoms with Crippen LogP contribution in [0.3, 0.4) is 0 Å². The first kappa shape index (κ1) is 20.6. The summed E-state index contributed by atoms with van der Waals surface area (Å²) in [5.41, 5.74) is 2.84. The third-order valence-electron chi connectivity index (χ3n) is 4.26. The van der Waals surface area contributed by atoms with Crippen LogP contribution in [-0.2, 0) is 16.1 Å². The van der Waals surface area contributed by atoms with E-state index in [1.807, 2.05) is 60.9 Å². The minimum absolute atomic E-state index is 0.0801. The molecule has 2 aromatic carbocycles. The van der Waals surface area contributed by atoms with Crippen LogP contribution < -0.4 is 10.6 Å². The van der Waals surface area contributed by atoms with Crippen LogP contribution in [0.5, 0.6) is 0 Å². The highest BCUT2D eigenvalue weighted by atomic mass is 32.2. The van der Waals surface area contributed by atoms with Gasteiger partial charge in [0.1, 0.15) is 0 Å². The van der Waals surface area contributed by atoms with Crippen molar-refractivity contribution in [3.05, 3.63) is 60.2 Å². The van der Waals surface area contributed by atoms with Crippen molar-refractivity contribution in [1.29, 1.82) is 0 Å². The van der Waals surface area contributed by atoms with Gasteiger partial charge in [0.15, 0.2) is 11.0 Å². The van der Waals surface area contributed by atoms with Crippen molar-refractivity contribution in [2.75, 3.05) is 17.6 Å². The Bertz CT molecular complexity index is 988. The Kier molecular flexibility index (Phi) is 7.02. The number of hydrogen-bond acceptors (Lipinski definition) is 5. The van der Waals surface area contributed by atoms with E-state index < -0.39 is 0 Å². The van der Waals surface area contributed by atoms with E-state index in [4.69, 9.17) is 0 Å². The van der Waals surface area contributed by atoms with Gasteiger partial charge in [-0.05, 0) is 31.5 Å². The van der Waals surface area contributed by atoms with Crippen LogP contribution in [0.1, 0.15) is 12.5 Å². The minimum Gasteiger partial charge on any atom is -0.346 e. The molecule has 0 saturated carbocycles. The van der Waals surface area contributed by atoms with Crippen molar-refractivity contribution >= 4 is 29.3 Å². The molecular weight excluding hydrogens is 386 g/mol. The van der Waals surface area contributed by atoms with Gasteiger partial charge in [-0.1, -0.05) is 54.2 Å². The van der Waals surface area contributed by atoms with E-state index in [1.54, 1.807) is 12.1 Å². The second-order valence-electron chi connectivity index (χ2n) is 6.34. The normalized spacial score (nSPS) is 10.6. The number of aryl methyl sites for hydroxylation is 1. The number of nitrogens with one attached hydrogen (secondary N) is 2. The van der Waals surface area contributed by atoms with Gasteiger partial charge in [0.25, 0.3) is 0 Å². The molecule has 0 unspecified atom stereocenters. The summed E-state index contributed by atoms with van der Waals surface area (Å²) in [6.45, 7) is 4.66. The van der Waals surface area contributed by atoms with Crippen LogP contribution in [0.4, 0.5) is 5.69 Å². The van der Waals surface area contributed by atoms with E-state index in [2.05, 4.69) is 20.8 Å². The largest absolute Gasteiger partial charge is 0.346 e. The van der Waals surface area contributed by atoms with Gasteiger partial charge in [0, 0.05) is 17.8 Å². The predicted octanol–water partition coefficient (Wildman–Crippen LogP) is 3.12. The number of nitrogens with zero attached hydrogens (tertiary/aromatic N) is 3. The number of hydrogen-bond donors (Lipinski definition) is 2. The number of anilines is 1. The molecule has 1 aromatic heterocycles. The third-order valence-corrected chi connectivity index (χ3v) is 5.22. The number of carbonyl (C=O) groups is 2. The van der Waals surface area contributed by atoms with E-state index in [9.17, 15) is 9.59 Å². The second kappa shape index (κ2) is 9.88. The number of benzene rings is 2. The van der Waals surface area contributed by atoms with E-state index in [-0.39, 0.29) is 24.1 Å². The van der Waals surface area contributed by atoms with Crippen LogP contribution in [-0.4, -0.2) is 38.9 Å². The lowest BCUT2D eigenvalue weighted by atomic mass is 10.1. The molecular formula is C21H23N5O2S. The summed E-state index contributed by atoms with van der Waals surface area (Å²) < 4.78 is 1.99. The average Bonchev–Trinajstić information content (AvgIpc) is 3.14. The fourth-order valence-corrected chi connectivity index (χ4v) is 3.62. The summed E-state index contributed by atoms with van der Waals surface area (Å²) in [6.07, 6.45) is 0. The van der Waals surface area contributed by atoms with Crippen molar-refractivity contribution in [2.24, 2.45) is 0 Å². The molecule has 0 atom stereocenters. The quantitative estimate of drug-likeness (QED) is 0.558. The zero-order valence-electron chi connectivity index (χ0n) is 16.4. The van der Waals surface area contributed by atoms with Crippen molar-refractivity contribution in [3.63, 3.8) is 0 Å². The second-order valence-corrected chi connectivity index (χ2v) is 7.29. The maximum absolute atomic E-state index is 12.1. The minimum atomic E-state index is -0.270. The molecule has 0 bridgehead atoms. The first-order valence-corrected chi connectivity index (χ1v) is 10.3. The molecule has 0 aliphatic rings. The number of para-hydroxylation sites is 1. The van der Waals surface area contributed by atoms with E-state index >= 15 is 0 Å². The monoisotopic (exact) mass is 409 g/mol. The Morgan fingerprint density at radius 2 is 1.72 bits per heavy atom. The summed E-state index contributed by atoms with van der Waals surface area (Å²) in [5, 5.41) is 14.6. The van der Waals surface area contributed by atoms with Gasteiger partial charge >= 0.3 is 0 Å². The molecule has 150 valence electrons. The van der Waals surface area contributed by atoms with Gasteiger partial charge in [-0.15, -0.1) is 10.2 Å². The van der Waals surface area contributed by atoms with Crippen LogP contribution in [0.2, 0.25) is 0 Å². The van der Waals surface area contributed by atoms with Crippen LogP contribution in [0.15, 0.2) is 59.8 Å². The van der Waals surface area contributed by atoms with Gasteiger partial charge in [-0.25, -0.2) is 0 Å². The smallest absolute Gasteiger partial charge is 0.243 e. The molecule has 0 aliphatic heterocycles. The highest BCUT2D eigenvalue weighted by Crippen LogP contribution is 2.26. The number of thioether (sulfide) groups is 1. The first-order valence-electron chi connectivity index (χ1n) is 9.32. The molecule has 0 saturated heterocycles. The molecule has 2 N–H and O–H groups in total. The lowest BCUT2D eigenvalue weighted by molar-refractivity contribution is -0.122. The highest BCUT2D eigenvalue weighted by Gasteiger charge is 2.16. The third kappa shape index (κ3) is 5.45. The Balaban J connectivity index is 1.54. The average molecular weight is 410 g/mol. The van der Waals surface area contributed by atoms with E-state index in [0.29, 0.717) is 17.4 Å². The van der Waals surface area contributed by atoms with Crippen molar-refractivity contribution < 1.29 is 9.59 Å². The maximum Gasteiger partial charge on any atom is 0.243 e. The summed E-state index contributed by atoms with van der Waals surface area (Å²) in [7, 11) is 0. The number of amides is 2. The lowest BCUT2D eigenvalue weighted by Gasteiger charge is -2.09. The molecule has 0 spiro atoms. The molecule has 1 heterocycles. The number of carbonyl (C=O) groups excluding carboxylic acids is 2. The molecule has 8 heteroatoms. The van der Waals surface area contributed by atoms with Crippen molar-refractivity contribution in [1.82, 2.24) is 20.1 Å².